The second-order valence-corrected chi connectivity index (χ2v) is 6.15. The summed E-state index contributed by atoms with van der Waals surface area (Å²) < 4.78 is 11.2. The SMILES string of the molecule is CCOc1cccc(CNC2CCCC2SC)c1OC. The fourth-order valence-electron chi connectivity index (χ4n) is 2.88. The van der Waals surface area contributed by atoms with Crippen LogP contribution < -0.4 is 14.8 Å². The Morgan fingerprint density at radius 1 is 1.35 bits per heavy atom. The van der Waals surface area contributed by atoms with Gasteiger partial charge in [0.05, 0.1) is 13.7 Å². The second kappa shape index (κ2) is 7.79. The van der Waals surface area contributed by atoms with Crippen LogP contribution in [0.25, 0.3) is 0 Å². The Balaban J connectivity index is 2.03. The number of benzene rings is 1. The molecule has 0 aliphatic heterocycles. The molecule has 2 atom stereocenters. The lowest BCUT2D eigenvalue weighted by Gasteiger charge is -2.20. The first-order valence-electron chi connectivity index (χ1n) is 7.35. The van der Waals surface area contributed by atoms with Crippen LogP contribution in [-0.4, -0.2) is 31.3 Å². The number of thioether (sulfide) groups is 1. The molecule has 0 amide bonds. The fraction of sp³-hybridized carbons (Fsp3) is 0.625. The molecule has 2 unspecified atom stereocenters. The molecule has 20 heavy (non-hydrogen) atoms. The number of para-hydroxylation sites is 1. The quantitative estimate of drug-likeness (QED) is 0.834. The average Bonchev–Trinajstić information content (AvgIpc) is 2.93. The maximum absolute atomic E-state index is 5.63. The van der Waals surface area contributed by atoms with Crippen LogP contribution in [0.1, 0.15) is 31.7 Å². The first-order chi connectivity index (χ1) is 9.80. The number of ether oxygens (including phenoxy) is 2. The zero-order valence-electron chi connectivity index (χ0n) is 12.6. The van der Waals surface area contributed by atoms with Gasteiger partial charge in [0.2, 0.25) is 0 Å². The van der Waals surface area contributed by atoms with Crippen LogP contribution in [0.3, 0.4) is 0 Å². The summed E-state index contributed by atoms with van der Waals surface area (Å²) in [6.45, 7) is 3.49. The standard InChI is InChI=1S/C16H25NO2S/c1-4-19-14-9-5-7-12(16(14)18-2)11-17-13-8-6-10-15(13)20-3/h5,7,9,13,15,17H,4,6,8,10-11H2,1-3H3. The van der Waals surface area contributed by atoms with Crippen molar-refractivity contribution < 1.29 is 9.47 Å². The van der Waals surface area contributed by atoms with Crippen molar-refractivity contribution in [2.24, 2.45) is 0 Å². The highest BCUT2D eigenvalue weighted by Gasteiger charge is 2.26. The van der Waals surface area contributed by atoms with Crippen LogP contribution >= 0.6 is 11.8 Å². The minimum absolute atomic E-state index is 0.616. The van der Waals surface area contributed by atoms with Gasteiger partial charge in [0.15, 0.2) is 11.5 Å². The molecule has 1 aromatic carbocycles. The molecule has 1 aliphatic carbocycles. The number of hydrogen-bond acceptors (Lipinski definition) is 4. The monoisotopic (exact) mass is 295 g/mol. The third-order valence-corrected chi connectivity index (χ3v) is 5.04. The molecule has 0 spiro atoms. The van der Waals surface area contributed by atoms with E-state index < -0.39 is 0 Å². The Kier molecular flexibility index (Phi) is 6.05. The molecule has 0 aromatic heterocycles. The molecule has 1 fully saturated rings. The van der Waals surface area contributed by atoms with Gasteiger partial charge in [-0.05, 0) is 32.1 Å². The van der Waals surface area contributed by atoms with E-state index in [1.54, 1.807) is 7.11 Å². The molecule has 3 nitrogen and oxygen atoms in total. The lowest BCUT2D eigenvalue weighted by molar-refractivity contribution is 0.308. The van der Waals surface area contributed by atoms with Crippen molar-refractivity contribution in [3.8, 4) is 11.5 Å². The van der Waals surface area contributed by atoms with Gasteiger partial charge >= 0.3 is 0 Å². The van der Waals surface area contributed by atoms with Crippen molar-refractivity contribution in [1.29, 1.82) is 0 Å². The van der Waals surface area contributed by atoms with Crippen LogP contribution in [0.2, 0.25) is 0 Å². The Bertz CT molecular complexity index is 425. The Morgan fingerprint density at radius 3 is 2.90 bits per heavy atom. The number of methoxy groups -OCH3 is 1. The van der Waals surface area contributed by atoms with Gasteiger partial charge in [-0.1, -0.05) is 18.6 Å². The van der Waals surface area contributed by atoms with Gasteiger partial charge < -0.3 is 14.8 Å². The van der Waals surface area contributed by atoms with Crippen molar-refractivity contribution >= 4 is 11.8 Å². The van der Waals surface area contributed by atoms with E-state index in [4.69, 9.17) is 9.47 Å². The van der Waals surface area contributed by atoms with Gasteiger partial charge in [0, 0.05) is 23.4 Å². The molecule has 112 valence electrons. The van der Waals surface area contributed by atoms with Crippen molar-refractivity contribution in [3.05, 3.63) is 23.8 Å². The molecule has 1 saturated carbocycles. The smallest absolute Gasteiger partial charge is 0.165 e. The summed E-state index contributed by atoms with van der Waals surface area (Å²) in [6.07, 6.45) is 6.15. The van der Waals surface area contributed by atoms with Crippen molar-refractivity contribution in [2.45, 2.75) is 44.0 Å². The molecular formula is C16H25NO2S. The second-order valence-electron chi connectivity index (χ2n) is 5.07. The summed E-state index contributed by atoms with van der Waals surface area (Å²) in [6, 6.07) is 6.72. The lowest BCUT2D eigenvalue weighted by Crippen LogP contribution is -2.33. The Morgan fingerprint density at radius 2 is 2.20 bits per heavy atom. The van der Waals surface area contributed by atoms with E-state index in [9.17, 15) is 0 Å². The zero-order chi connectivity index (χ0) is 14.4. The largest absolute Gasteiger partial charge is 0.493 e. The van der Waals surface area contributed by atoms with Gasteiger partial charge in [-0.3, -0.25) is 0 Å². The van der Waals surface area contributed by atoms with Crippen LogP contribution in [0.4, 0.5) is 0 Å². The topological polar surface area (TPSA) is 30.5 Å². The summed E-state index contributed by atoms with van der Waals surface area (Å²) >= 11 is 1.98. The van der Waals surface area contributed by atoms with Crippen molar-refractivity contribution in [3.63, 3.8) is 0 Å². The first-order valence-corrected chi connectivity index (χ1v) is 8.63. The molecule has 1 N–H and O–H groups in total. The maximum Gasteiger partial charge on any atom is 0.165 e. The molecule has 0 saturated heterocycles. The summed E-state index contributed by atoms with van der Waals surface area (Å²) in [5, 5.41) is 4.43. The summed E-state index contributed by atoms with van der Waals surface area (Å²) in [5.74, 6) is 1.70. The van der Waals surface area contributed by atoms with E-state index in [1.165, 1.54) is 24.8 Å². The van der Waals surface area contributed by atoms with Crippen LogP contribution in [0.15, 0.2) is 18.2 Å². The molecule has 0 bridgehead atoms. The minimum Gasteiger partial charge on any atom is -0.493 e. The zero-order valence-corrected chi connectivity index (χ0v) is 13.5. The van der Waals surface area contributed by atoms with Gasteiger partial charge in [-0.25, -0.2) is 0 Å². The summed E-state index contributed by atoms with van der Waals surface area (Å²) in [5.41, 5.74) is 1.17. The highest BCUT2D eigenvalue weighted by molar-refractivity contribution is 7.99. The molecule has 4 heteroatoms. The molecular weight excluding hydrogens is 270 g/mol. The Hall–Kier alpha value is -0.870. The third kappa shape index (κ3) is 3.61. The maximum atomic E-state index is 5.63. The first kappa shape index (κ1) is 15.5. The Labute approximate surface area is 126 Å². The van der Waals surface area contributed by atoms with Crippen LogP contribution in [-0.2, 0) is 6.54 Å². The van der Waals surface area contributed by atoms with E-state index in [-0.39, 0.29) is 0 Å². The van der Waals surface area contributed by atoms with Crippen molar-refractivity contribution in [1.82, 2.24) is 5.32 Å². The van der Waals surface area contributed by atoms with Gasteiger partial charge in [-0.2, -0.15) is 11.8 Å². The van der Waals surface area contributed by atoms with Crippen LogP contribution in [0.5, 0.6) is 11.5 Å². The predicted octanol–water partition coefficient (Wildman–Crippen LogP) is 3.47. The number of rotatable bonds is 7. The van der Waals surface area contributed by atoms with E-state index >= 15 is 0 Å². The molecule has 2 rings (SSSR count). The predicted molar refractivity (Wildman–Crippen MR) is 85.9 cm³/mol. The number of nitrogens with one attached hydrogen (secondary N) is 1. The molecule has 1 aliphatic rings. The molecule has 0 radical (unpaired) electrons. The summed E-state index contributed by atoms with van der Waals surface area (Å²) in [4.78, 5) is 0. The van der Waals surface area contributed by atoms with E-state index in [0.717, 1.165) is 23.3 Å². The number of hydrogen-bond donors (Lipinski definition) is 1. The van der Waals surface area contributed by atoms with E-state index in [2.05, 4.69) is 17.6 Å². The lowest BCUT2D eigenvalue weighted by atomic mass is 10.1. The third-order valence-electron chi connectivity index (χ3n) is 3.87. The molecule has 1 aromatic rings. The highest BCUT2D eigenvalue weighted by Crippen LogP contribution is 2.32. The van der Waals surface area contributed by atoms with Crippen molar-refractivity contribution in [2.75, 3.05) is 20.0 Å². The van der Waals surface area contributed by atoms with Crippen LogP contribution in [0, 0.1) is 0 Å². The van der Waals surface area contributed by atoms with Gasteiger partial charge in [0.25, 0.3) is 0 Å². The minimum atomic E-state index is 0.616. The van der Waals surface area contributed by atoms with Gasteiger partial charge in [0.1, 0.15) is 0 Å². The summed E-state index contributed by atoms with van der Waals surface area (Å²) in [7, 11) is 1.71. The van der Waals surface area contributed by atoms with E-state index in [0.29, 0.717) is 12.6 Å². The fourth-order valence-corrected chi connectivity index (χ4v) is 3.85. The van der Waals surface area contributed by atoms with Gasteiger partial charge in [-0.15, -0.1) is 0 Å². The highest BCUT2D eigenvalue weighted by atomic mass is 32.2. The van der Waals surface area contributed by atoms with E-state index in [1.807, 2.05) is 30.8 Å². The average molecular weight is 295 g/mol. The molecule has 0 heterocycles. The normalized spacial score (nSPS) is 21.9.